The smallest absolute Gasteiger partial charge is 0.220 e. The number of carbonyl (C=O) groups is 1. The molecule has 0 saturated carbocycles. The zero-order chi connectivity index (χ0) is 15.7. The molecule has 1 aliphatic heterocycles. The highest BCUT2D eigenvalue weighted by atomic mass is 16.2. The molecular formula is C18H25N3O. The van der Waals surface area contributed by atoms with E-state index in [1.54, 1.807) is 6.92 Å². The minimum Gasteiger partial charge on any atom is -0.346 e. The van der Waals surface area contributed by atoms with Crippen LogP contribution in [0.5, 0.6) is 0 Å². The second-order valence-corrected chi connectivity index (χ2v) is 6.16. The molecule has 0 aliphatic carbocycles. The third-order valence-electron chi connectivity index (χ3n) is 4.86. The zero-order valence-electron chi connectivity index (χ0n) is 13.7. The molecule has 0 fully saturated rings. The second-order valence-electron chi connectivity index (χ2n) is 6.16. The first kappa shape index (κ1) is 15.1. The van der Waals surface area contributed by atoms with Crippen LogP contribution >= 0.6 is 0 Å². The molecule has 4 heteroatoms. The summed E-state index contributed by atoms with van der Waals surface area (Å²) in [6, 6.07) is 8.79. The SMILES string of the molecule is CNCCCC1c2c(c3ccccc3n2C)CCN1C(C)=O. The fourth-order valence-electron chi connectivity index (χ4n) is 3.86. The number of nitrogens with zero attached hydrogens (tertiary/aromatic N) is 2. The van der Waals surface area contributed by atoms with Gasteiger partial charge < -0.3 is 14.8 Å². The summed E-state index contributed by atoms with van der Waals surface area (Å²) in [6.07, 6.45) is 3.04. The van der Waals surface area contributed by atoms with Gasteiger partial charge in [-0.3, -0.25) is 4.79 Å². The van der Waals surface area contributed by atoms with Crippen LogP contribution in [0.15, 0.2) is 24.3 Å². The molecule has 2 aromatic rings. The maximum atomic E-state index is 12.1. The van der Waals surface area contributed by atoms with E-state index in [1.807, 2.05) is 7.05 Å². The summed E-state index contributed by atoms with van der Waals surface area (Å²) in [4.78, 5) is 14.1. The molecule has 118 valence electrons. The highest BCUT2D eigenvalue weighted by molar-refractivity contribution is 5.86. The number of amides is 1. The minimum absolute atomic E-state index is 0.186. The lowest BCUT2D eigenvalue weighted by molar-refractivity contribution is -0.132. The van der Waals surface area contributed by atoms with E-state index in [4.69, 9.17) is 0 Å². The molecule has 1 aromatic carbocycles. The minimum atomic E-state index is 0.186. The molecule has 2 heterocycles. The van der Waals surface area contributed by atoms with Crippen LogP contribution in [-0.2, 0) is 18.3 Å². The molecule has 1 aliphatic rings. The topological polar surface area (TPSA) is 37.3 Å². The van der Waals surface area contributed by atoms with Crippen molar-refractivity contribution in [1.82, 2.24) is 14.8 Å². The van der Waals surface area contributed by atoms with Gasteiger partial charge in [0.2, 0.25) is 5.91 Å². The van der Waals surface area contributed by atoms with E-state index in [9.17, 15) is 4.79 Å². The number of aromatic nitrogens is 1. The summed E-state index contributed by atoms with van der Waals surface area (Å²) in [5, 5.41) is 4.56. The van der Waals surface area contributed by atoms with Crippen molar-refractivity contribution in [3.8, 4) is 0 Å². The van der Waals surface area contributed by atoms with Crippen LogP contribution < -0.4 is 5.32 Å². The van der Waals surface area contributed by atoms with Crippen LogP contribution in [-0.4, -0.2) is 35.5 Å². The first-order chi connectivity index (χ1) is 10.6. The summed E-state index contributed by atoms with van der Waals surface area (Å²) < 4.78 is 2.30. The number of rotatable bonds is 4. The summed E-state index contributed by atoms with van der Waals surface area (Å²) in [5.74, 6) is 0.186. The van der Waals surface area contributed by atoms with Crippen molar-refractivity contribution in [2.24, 2.45) is 7.05 Å². The summed E-state index contributed by atoms with van der Waals surface area (Å²) >= 11 is 0. The van der Waals surface area contributed by atoms with Crippen LogP contribution in [0, 0.1) is 0 Å². The predicted octanol–water partition coefficient (Wildman–Crippen LogP) is 2.62. The number of fused-ring (bicyclic) bond motifs is 3. The van der Waals surface area contributed by atoms with Crippen LogP contribution in [0.2, 0.25) is 0 Å². The second kappa shape index (κ2) is 6.13. The van der Waals surface area contributed by atoms with E-state index >= 15 is 0 Å². The van der Waals surface area contributed by atoms with E-state index in [0.717, 1.165) is 32.4 Å². The lowest BCUT2D eigenvalue weighted by atomic mass is 9.94. The van der Waals surface area contributed by atoms with Crippen LogP contribution in [0.25, 0.3) is 10.9 Å². The van der Waals surface area contributed by atoms with E-state index in [1.165, 1.54) is 22.2 Å². The van der Waals surface area contributed by atoms with Gasteiger partial charge in [0, 0.05) is 37.1 Å². The van der Waals surface area contributed by atoms with E-state index in [2.05, 4.69) is 46.1 Å². The Hall–Kier alpha value is -1.81. The number of hydrogen-bond acceptors (Lipinski definition) is 2. The Balaban J connectivity index is 2.07. The fourth-order valence-corrected chi connectivity index (χ4v) is 3.86. The Morgan fingerprint density at radius 2 is 2.14 bits per heavy atom. The van der Waals surface area contributed by atoms with Crippen molar-refractivity contribution in [1.29, 1.82) is 0 Å². The number of para-hydroxylation sites is 1. The third kappa shape index (κ3) is 2.41. The van der Waals surface area contributed by atoms with Crippen molar-refractivity contribution in [2.45, 2.75) is 32.2 Å². The van der Waals surface area contributed by atoms with E-state index in [0.29, 0.717) is 0 Å². The van der Waals surface area contributed by atoms with Gasteiger partial charge in [-0.1, -0.05) is 18.2 Å². The molecule has 4 nitrogen and oxygen atoms in total. The molecule has 1 N–H and O–H groups in total. The van der Waals surface area contributed by atoms with Gasteiger partial charge in [0.05, 0.1) is 6.04 Å². The van der Waals surface area contributed by atoms with Gasteiger partial charge in [-0.05, 0) is 44.5 Å². The fraction of sp³-hybridized carbons (Fsp3) is 0.500. The van der Waals surface area contributed by atoms with Crippen LogP contribution in [0.4, 0.5) is 0 Å². The molecule has 0 bridgehead atoms. The van der Waals surface area contributed by atoms with Crippen molar-refractivity contribution in [3.05, 3.63) is 35.5 Å². The number of benzene rings is 1. The van der Waals surface area contributed by atoms with Crippen LogP contribution in [0.3, 0.4) is 0 Å². The Labute approximate surface area is 132 Å². The van der Waals surface area contributed by atoms with Crippen molar-refractivity contribution in [2.75, 3.05) is 20.1 Å². The number of carbonyl (C=O) groups excluding carboxylic acids is 1. The van der Waals surface area contributed by atoms with Gasteiger partial charge >= 0.3 is 0 Å². The summed E-state index contributed by atoms with van der Waals surface area (Å²) in [7, 11) is 4.11. The lowest BCUT2D eigenvalue weighted by Crippen LogP contribution is -2.39. The molecular weight excluding hydrogens is 274 g/mol. The first-order valence-corrected chi connectivity index (χ1v) is 8.13. The van der Waals surface area contributed by atoms with Crippen molar-refractivity contribution < 1.29 is 4.79 Å². The molecule has 0 saturated heterocycles. The largest absolute Gasteiger partial charge is 0.346 e. The summed E-state index contributed by atoms with van der Waals surface area (Å²) in [5.41, 5.74) is 4.04. The van der Waals surface area contributed by atoms with Gasteiger partial charge in [0.15, 0.2) is 0 Å². The Bertz CT molecular complexity index is 689. The van der Waals surface area contributed by atoms with E-state index < -0.39 is 0 Å². The van der Waals surface area contributed by atoms with Crippen molar-refractivity contribution in [3.63, 3.8) is 0 Å². The maximum Gasteiger partial charge on any atom is 0.220 e. The van der Waals surface area contributed by atoms with Gasteiger partial charge in [0.25, 0.3) is 0 Å². The first-order valence-electron chi connectivity index (χ1n) is 8.13. The molecule has 1 atom stereocenters. The molecule has 1 aromatic heterocycles. The molecule has 3 rings (SSSR count). The van der Waals surface area contributed by atoms with Gasteiger partial charge in [-0.2, -0.15) is 0 Å². The highest BCUT2D eigenvalue weighted by Crippen LogP contribution is 2.38. The molecule has 0 spiro atoms. The van der Waals surface area contributed by atoms with E-state index in [-0.39, 0.29) is 11.9 Å². The Morgan fingerprint density at radius 1 is 1.36 bits per heavy atom. The van der Waals surface area contributed by atoms with Crippen molar-refractivity contribution >= 4 is 16.8 Å². The Morgan fingerprint density at radius 3 is 2.86 bits per heavy atom. The standard InChI is InChI=1S/C18H25N3O/c1-13(22)21-12-10-15-14-7-4-5-8-16(14)20(3)18(15)17(21)9-6-11-19-2/h4-5,7-8,17,19H,6,9-12H2,1-3H3. The molecule has 1 amide bonds. The quantitative estimate of drug-likeness (QED) is 0.881. The zero-order valence-corrected chi connectivity index (χ0v) is 13.7. The van der Waals surface area contributed by atoms with Gasteiger partial charge in [0.1, 0.15) is 0 Å². The van der Waals surface area contributed by atoms with Gasteiger partial charge in [-0.25, -0.2) is 0 Å². The number of hydrogen-bond donors (Lipinski definition) is 1. The lowest BCUT2D eigenvalue weighted by Gasteiger charge is -2.36. The average molecular weight is 299 g/mol. The maximum absolute atomic E-state index is 12.1. The third-order valence-corrected chi connectivity index (χ3v) is 4.86. The van der Waals surface area contributed by atoms with Gasteiger partial charge in [-0.15, -0.1) is 0 Å². The Kier molecular flexibility index (Phi) is 4.21. The number of nitrogens with one attached hydrogen (secondary N) is 1. The van der Waals surface area contributed by atoms with Crippen LogP contribution in [0.1, 0.15) is 37.1 Å². The number of aryl methyl sites for hydroxylation is 1. The molecule has 0 radical (unpaired) electrons. The summed E-state index contributed by atoms with van der Waals surface area (Å²) in [6.45, 7) is 3.51. The normalized spacial score (nSPS) is 17.8. The molecule has 1 unspecified atom stereocenters. The average Bonchev–Trinajstić information content (AvgIpc) is 2.81. The predicted molar refractivity (Wildman–Crippen MR) is 89.9 cm³/mol. The monoisotopic (exact) mass is 299 g/mol. The molecule has 22 heavy (non-hydrogen) atoms. The highest BCUT2D eigenvalue weighted by Gasteiger charge is 2.32.